The number of para-hydroxylation sites is 1. The molecular weight excluding hydrogens is 276 g/mol. The lowest BCUT2D eigenvalue weighted by atomic mass is 10.1. The van der Waals surface area contributed by atoms with Gasteiger partial charge in [-0.3, -0.25) is 4.79 Å². The summed E-state index contributed by atoms with van der Waals surface area (Å²) < 4.78 is 0. The van der Waals surface area contributed by atoms with Gasteiger partial charge in [-0.15, -0.1) is 0 Å². The average molecular weight is 304 g/mol. The Morgan fingerprint density at radius 1 is 1.18 bits per heavy atom. The molecule has 4 heteroatoms. The van der Waals surface area contributed by atoms with Crippen LogP contribution < -0.4 is 5.43 Å². The molecule has 0 heterocycles. The van der Waals surface area contributed by atoms with Gasteiger partial charge in [-0.1, -0.05) is 57.6 Å². The molecule has 0 spiro atoms. The van der Waals surface area contributed by atoms with E-state index in [1.807, 2.05) is 0 Å². The molecule has 4 nitrogen and oxygen atoms in total. The van der Waals surface area contributed by atoms with Crippen LogP contribution in [0.5, 0.6) is 5.75 Å². The van der Waals surface area contributed by atoms with E-state index in [2.05, 4.69) is 17.5 Å². The number of hydrogen-bond donors (Lipinski definition) is 2. The number of carbonyl (C=O) groups excluding carboxylic acids is 1. The van der Waals surface area contributed by atoms with Crippen LogP contribution in [0.4, 0.5) is 0 Å². The lowest BCUT2D eigenvalue weighted by Crippen LogP contribution is -2.17. The molecule has 0 aliphatic rings. The van der Waals surface area contributed by atoms with Crippen LogP contribution in [0.2, 0.25) is 0 Å². The number of rotatable bonds is 10. The van der Waals surface area contributed by atoms with Crippen LogP contribution in [0, 0.1) is 6.92 Å². The smallest absolute Gasteiger partial charge is 0.275 e. The molecule has 0 aromatic heterocycles. The summed E-state index contributed by atoms with van der Waals surface area (Å²) in [6, 6.07) is 5.09. The van der Waals surface area contributed by atoms with Crippen molar-refractivity contribution in [2.45, 2.75) is 65.2 Å². The standard InChI is InChI=1S/C18H28N2O2/c1-3-4-5-6-7-8-9-10-14-19-20-18(22)16-13-11-12-15(2)17(16)21/h11-14,21H,3-10H2,1-2H3,(H,20,22). The third kappa shape index (κ3) is 6.74. The lowest BCUT2D eigenvalue weighted by Gasteiger charge is -2.05. The van der Waals surface area contributed by atoms with E-state index < -0.39 is 0 Å². The molecule has 1 amide bonds. The number of hydrazone groups is 1. The molecule has 0 radical (unpaired) electrons. The summed E-state index contributed by atoms with van der Waals surface area (Å²) in [5, 5.41) is 13.7. The van der Waals surface area contributed by atoms with Gasteiger partial charge in [-0.05, 0) is 31.4 Å². The zero-order valence-corrected chi connectivity index (χ0v) is 13.8. The number of phenolic OH excluding ortho intramolecular Hbond substituents is 1. The maximum Gasteiger partial charge on any atom is 0.275 e. The van der Waals surface area contributed by atoms with Crippen molar-refractivity contribution in [2.24, 2.45) is 5.10 Å². The molecule has 0 bridgehead atoms. The zero-order valence-electron chi connectivity index (χ0n) is 13.8. The molecule has 2 N–H and O–H groups in total. The van der Waals surface area contributed by atoms with Crippen LogP contribution in [0.25, 0.3) is 0 Å². The summed E-state index contributed by atoms with van der Waals surface area (Å²) >= 11 is 0. The van der Waals surface area contributed by atoms with Gasteiger partial charge in [0.2, 0.25) is 0 Å². The predicted molar refractivity (Wildman–Crippen MR) is 91.4 cm³/mol. The number of benzene rings is 1. The van der Waals surface area contributed by atoms with Crippen LogP contribution in [0.15, 0.2) is 23.3 Å². The van der Waals surface area contributed by atoms with Crippen molar-refractivity contribution >= 4 is 12.1 Å². The Morgan fingerprint density at radius 3 is 2.59 bits per heavy atom. The van der Waals surface area contributed by atoms with Gasteiger partial charge < -0.3 is 5.11 Å². The van der Waals surface area contributed by atoms with Crippen molar-refractivity contribution in [1.82, 2.24) is 5.43 Å². The molecule has 1 aromatic carbocycles. The third-order valence-corrected chi connectivity index (χ3v) is 3.68. The summed E-state index contributed by atoms with van der Waals surface area (Å²) in [5.74, 6) is -0.362. The van der Waals surface area contributed by atoms with Gasteiger partial charge in [0.25, 0.3) is 5.91 Å². The second kappa shape index (κ2) is 10.8. The normalized spacial score (nSPS) is 11.0. The van der Waals surface area contributed by atoms with Gasteiger partial charge >= 0.3 is 0 Å². The van der Waals surface area contributed by atoms with Crippen molar-refractivity contribution in [3.8, 4) is 5.75 Å². The summed E-state index contributed by atoms with van der Waals surface area (Å²) in [5.41, 5.74) is 3.39. The number of phenols is 1. The highest BCUT2D eigenvalue weighted by Crippen LogP contribution is 2.20. The molecule has 0 saturated carbocycles. The first-order valence-electron chi connectivity index (χ1n) is 8.27. The van der Waals surface area contributed by atoms with Crippen LogP contribution in [0.3, 0.4) is 0 Å². The average Bonchev–Trinajstić information content (AvgIpc) is 2.51. The van der Waals surface area contributed by atoms with Gasteiger partial charge in [-0.25, -0.2) is 5.43 Å². The monoisotopic (exact) mass is 304 g/mol. The van der Waals surface area contributed by atoms with Gasteiger partial charge in [-0.2, -0.15) is 5.10 Å². The first-order chi connectivity index (χ1) is 10.7. The highest BCUT2D eigenvalue weighted by molar-refractivity contribution is 5.97. The molecule has 0 atom stereocenters. The van der Waals surface area contributed by atoms with E-state index in [0.29, 0.717) is 5.56 Å². The molecule has 22 heavy (non-hydrogen) atoms. The third-order valence-electron chi connectivity index (χ3n) is 3.68. The summed E-state index contributed by atoms with van der Waals surface area (Å²) in [6.45, 7) is 3.98. The van der Waals surface area contributed by atoms with Crippen LogP contribution in [-0.4, -0.2) is 17.2 Å². The Balaban J connectivity index is 2.17. The molecular formula is C18H28N2O2. The SMILES string of the molecule is CCCCCCCCCC=NNC(=O)c1cccc(C)c1O. The molecule has 0 aliphatic carbocycles. The maximum absolute atomic E-state index is 11.9. The van der Waals surface area contributed by atoms with Crippen molar-refractivity contribution in [1.29, 1.82) is 0 Å². The van der Waals surface area contributed by atoms with Crippen LogP contribution >= 0.6 is 0 Å². The van der Waals surface area contributed by atoms with Crippen LogP contribution in [0.1, 0.15) is 74.2 Å². The van der Waals surface area contributed by atoms with E-state index in [1.54, 1.807) is 31.3 Å². The van der Waals surface area contributed by atoms with Gasteiger partial charge in [0.1, 0.15) is 5.75 Å². The maximum atomic E-state index is 11.9. The van der Waals surface area contributed by atoms with Crippen molar-refractivity contribution in [2.75, 3.05) is 0 Å². The van der Waals surface area contributed by atoms with E-state index >= 15 is 0 Å². The van der Waals surface area contributed by atoms with Gasteiger partial charge in [0.05, 0.1) is 5.56 Å². The number of nitrogens with one attached hydrogen (secondary N) is 1. The highest BCUT2D eigenvalue weighted by Gasteiger charge is 2.11. The molecule has 0 saturated heterocycles. The fourth-order valence-corrected chi connectivity index (χ4v) is 2.26. The summed E-state index contributed by atoms with van der Waals surface area (Å²) in [7, 11) is 0. The molecule has 0 aliphatic heterocycles. The van der Waals surface area contributed by atoms with E-state index in [1.165, 1.54) is 38.5 Å². The van der Waals surface area contributed by atoms with Gasteiger partial charge in [0, 0.05) is 6.21 Å². The second-order valence-electron chi connectivity index (χ2n) is 5.63. The molecule has 0 fully saturated rings. The Labute approximate surface area is 133 Å². The number of nitrogens with zero attached hydrogens (tertiary/aromatic N) is 1. The van der Waals surface area contributed by atoms with Crippen molar-refractivity contribution < 1.29 is 9.90 Å². The quantitative estimate of drug-likeness (QED) is 0.378. The predicted octanol–water partition coefficient (Wildman–Crippen LogP) is 4.56. The molecule has 122 valence electrons. The van der Waals surface area contributed by atoms with Gasteiger partial charge in [0.15, 0.2) is 0 Å². The molecule has 1 aromatic rings. The van der Waals surface area contributed by atoms with Crippen molar-refractivity contribution in [3.63, 3.8) is 0 Å². The number of aryl methyl sites for hydroxylation is 1. The highest BCUT2D eigenvalue weighted by atomic mass is 16.3. The number of carbonyl (C=O) groups is 1. The second-order valence-corrected chi connectivity index (χ2v) is 5.63. The van der Waals surface area contributed by atoms with E-state index in [9.17, 15) is 9.90 Å². The fourth-order valence-electron chi connectivity index (χ4n) is 2.26. The minimum Gasteiger partial charge on any atom is -0.507 e. The largest absolute Gasteiger partial charge is 0.507 e. The first kappa shape index (κ1) is 18.2. The van der Waals surface area contributed by atoms with Crippen LogP contribution in [-0.2, 0) is 0 Å². The topological polar surface area (TPSA) is 61.7 Å². The zero-order chi connectivity index (χ0) is 16.2. The van der Waals surface area contributed by atoms with Crippen molar-refractivity contribution in [3.05, 3.63) is 29.3 Å². The number of unbranched alkanes of at least 4 members (excludes halogenated alkanes) is 7. The number of hydrogen-bond acceptors (Lipinski definition) is 3. The van der Waals surface area contributed by atoms with E-state index in [4.69, 9.17) is 0 Å². The number of amides is 1. The van der Waals surface area contributed by atoms with E-state index in [-0.39, 0.29) is 17.2 Å². The minimum absolute atomic E-state index is 0.0160. The lowest BCUT2D eigenvalue weighted by molar-refractivity contribution is 0.0952. The number of aromatic hydroxyl groups is 1. The molecule has 0 unspecified atom stereocenters. The Kier molecular flexibility index (Phi) is 8.96. The summed E-state index contributed by atoms with van der Waals surface area (Å²) in [6.07, 6.45) is 11.4. The minimum atomic E-state index is -0.378. The molecule has 1 rings (SSSR count). The summed E-state index contributed by atoms with van der Waals surface area (Å²) in [4.78, 5) is 11.9. The van der Waals surface area contributed by atoms with E-state index in [0.717, 1.165) is 12.8 Å². The Morgan fingerprint density at radius 2 is 1.86 bits per heavy atom. The fraction of sp³-hybridized carbons (Fsp3) is 0.556. The Bertz CT molecular complexity index is 484. The Hall–Kier alpha value is -1.84. The first-order valence-corrected chi connectivity index (χ1v) is 8.27.